The first-order valence-electron chi connectivity index (χ1n) is 8.68. The van der Waals surface area contributed by atoms with E-state index in [0.29, 0.717) is 6.07 Å². The summed E-state index contributed by atoms with van der Waals surface area (Å²) in [6, 6.07) is 3.45. The Balaban J connectivity index is 2.59. The molecule has 10 heteroatoms. The van der Waals surface area contributed by atoms with Crippen molar-refractivity contribution in [2.75, 3.05) is 12.9 Å². The van der Waals surface area contributed by atoms with Crippen LogP contribution < -0.4 is 5.43 Å². The molecule has 0 aliphatic rings. The monoisotopic (exact) mass is 436 g/mol. The molecule has 0 radical (unpaired) electrons. The smallest absolute Gasteiger partial charge is 0.344 e. The van der Waals surface area contributed by atoms with E-state index < -0.39 is 45.9 Å². The fourth-order valence-electron chi connectivity index (χ4n) is 2.97. The number of nitrogens with zero attached hydrogens (tertiary/aromatic N) is 2. The van der Waals surface area contributed by atoms with Gasteiger partial charge in [-0.3, -0.25) is 14.2 Å². The summed E-state index contributed by atoms with van der Waals surface area (Å²) in [4.78, 5) is 41.2. The van der Waals surface area contributed by atoms with Crippen LogP contribution in [0.15, 0.2) is 34.1 Å². The summed E-state index contributed by atoms with van der Waals surface area (Å²) in [5.41, 5.74) is -2.39. The number of rotatable bonds is 5. The average Bonchev–Trinajstić information content (AvgIpc) is 2.68. The van der Waals surface area contributed by atoms with Crippen molar-refractivity contribution < 1.29 is 27.5 Å². The van der Waals surface area contributed by atoms with Gasteiger partial charge in [0.25, 0.3) is 0 Å². The van der Waals surface area contributed by atoms with Crippen LogP contribution in [0.5, 0.6) is 0 Å². The highest BCUT2D eigenvalue weighted by Gasteiger charge is 2.27. The number of ether oxygens (including phenoxy) is 1. The number of aromatic nitrogens is 2. The number of esters is 1. The van der Waals surface area contributed by atoms with Crippen LogP contribution in [-0.2, 0) is 4.74 Å². The topological polar surface area (TPSA) is 78.3 Å². The number of halogens is 3. The maximum Gasteiger partial charge on any atom is 0.344 e. The first-order chi connectivity index (χ1) is 14.2. The Labute approximate surface area is 172 Å². The van der Waals surface area contributed by atoms with Crippen LogP contribution in [-0.4, -0.2) is 34.2 Å². The first kappa shape index (κ1) is 21.6. The third-order valence-corrected chi connectivity index (χ3v) is 4.99. The van der Waals surface area contributed by atoms with Crippen molar-refractivity contribution in [2.24, 2.45) is 0 Å². The highest BCUT2D eigenvalue weighted by Crippen LogP contribution is 2.30. The van der Waals surface area contributed by atoms with Gasteiger partial charge in [0.1, 0.15) is 28.5 Å². The summed E-state index contributed by atoms with van der Waals surface area (Å²) < 4.78 is 48.6. The lowest BCUT2D eigenvalue weighted by atomic mass is 10.1. The summed E-state index contributed by atoms with van der Waals surface area (Å²) >= 11 is 0.914. The largest absolute Gasteiger partial charge is 0.462 e. The molecule has 0 aliphatic carbocycles. The maximum atomic E-state index is 14.7. The zero-order valence-corrected chi connectivity index (χ0v) is 16.9. The third kappa shape index (κ3) is 3.58. The third-order valence-electron chi connectivity index (χ3n) is 4.21. The van der Waals surface area contributed by atoms with Gasteiger partial charge in [-0.05, 0) is 31.4 Å². The van der Waals surface area contributed by atoms with Gasteiger partial charge in [-0.1, -0.05) is 0 Å². The van der Waals surface area contributed by atoms with Gasteiger partial charge in [0, 0.05) is 13.0 Å². The van der Waals surface area contributed by atoms with Crippen molar-refractivity contribution in [3.63, 3.8) is 0 Å². The molecule has 30 heavy (non-hydrogen) atoms. The minimum absolute atomic E-state index is 0.0368. The molecule has 0 atom stereocenters. The van der Waals surface area contributed by atoms with E-state index in [1.54, 1.807) is 0 Å². The molecule has 0 unspecified atom stereocenters. The minimum atomic E-state index is -1.06. The van der Waals surface area contributed by atoms with E-state index >= 15 is 0 Å². The molecule has 2 aromatic heterocycles. The van der Waals surface area contributed by atoms with Crippen LogP contribution in [0.3, 0.4) is 0 Å². The van der Waals surface area contributed by atoms with Crippen LogP contribution in [0.2, 0.25) is 0 Å². The van der Waals surface area contributed by atoms with Crippen molar-refractivity contribution in [1.82, 2.24) is 9.55 Å². The second-order valence-electron chi connectivity index (χ2n) is 6.11. The molecule has 1 aromatic carbocycles. The molecule has 0 saturated carbocycles. The molecule has 0 bridgehead atoms. The van der Waals surface area contributed by atoms with Gasteiger partial charge < -0.3 is 4.74 Å². The van der Waals surface area contributed by atoms with E-state index in [0.717, 1.165) is 41.5 Å². The van der Waals surface area contributed by atoms with Crippen LogP contribution in [0.25, 0.3) is 16.7 Å². The number of hydrogen-bond acceptors (Lipinski definition) is 6. The second kappa shape index (κ2) is 8.31. The van der Waals surface area contributed by atoms with Crippen LogP contribution in [0.1, 0.15) is 34.7 Å². The number of hydrogen-bond donors (Lipinski definition) is 0. The lowest BCUT2D eigenvalue weighted by molar-refractivity contribution is 0.0519. The Bertz CT molecular complexity index is 1260. The van der Waals surface area contributed by atoms with E-state index in [-0.39, 0.29) is 28.4 Å². The molecule has 6 nitrogen and oxygen atoms in total. The Hall–Kier alpha value is -3.14. The van der Waals surface area contributed by atoms with E-state index in [1.807, 2.05) is 0 Å². The highest BCUT2D eigenvalue weighted by atomic mass is 32.2. The molecule has 0 spiro atoms. The van der Waals surface area contributed by atoms with Gasteiger partial charge in [0.2, 0.25) is 5.43 Å². The normalized spacial score (nSPS) is 11.0. The van der Waals surface area contributed by atoms with Crippen molar-refractivity contribution in [1.29, 1.82) is 0 Å². The molecule has 3 aromatic rings. The van der Waals surface area contributed by atoms with Crippen LogP contribution >= 0.6 is 11.8 Å². The molecular weight excluding hydrogens is 421 g/mol. The number of carbonyl (C=O) groups excluding carboxylic acids is 2. The van der Waals surface area contributed by atoms with Gasteiger partial charge in [0.05, 0.1) is 22.7 Å². The summed E-state index contributed by atoms with van der Waals surface area (Å²) in [6.45, 7) is 2.59. The predicted octanol–water partition coefficient (Wildman–Crippen LogP) is 3.90. The molecule has 0 aliphatic heterocycles. The van der Waals surface area contributed by atoms with Crippen LogP contribution in [0.4, 0.5) is 13.2 Å². The summed E-state index contributed by atoms with van der Waals surface area (Å²) in [6.07, 6.45) is 1.52. The SMILES string of the molecule is CCOC(=O)c1c(SC)n(-c2ccc(F)cc2F)c2nc(C(C)=O)c(F)cc2c1=O. The Morgan fingerprint density at radius 2 is 1.87 bits per heavy atom. The summed E-state index contributed by atoms with van der Waals surface area (Å²) in [5.74, 6) is -4.62. The Morgan fingerprint density at radius 3 is 2.43 bits per heavy atom. The van der Waals surface area contributed by atoms with Gasteiger partial charge in [-0.2, -0.15) is 0 Å². The predicted molar refractivity (Wildman–Crippen MR) is 105 cm³/mol. The van der Waals surface area contributed by atoms with Crippen LogP contribution in [0, 0.1) is 17.5 Å². The fourth-order valence-corrected chi connectivity index (χ4v) is 3.71. The van der Waals surface area contributed by atoms with Crippen molar-refractivity contribution in [3.05, 3.63) is 63.2 Å². The Kier molecular flexibility index (Phi) is 5.97. The quantitative estimate of drug-likeness (QED) is 0.343. The maximum absolute atomic E-state index is 14.7. The molecular formula is C20H15F3N2O4S. The lowest BCUT2D eigenvalue weighted by Crippen LogP contribution is -2.25. The second-order valence-corrected chi connectivity index (χ2v) is 6.91. The van der Waals surface area contributed by atoms with Crippen molar-refractivity contribution in [2.45, 2.75) is 18.9 Å². The van der Waals surface area contributed by atoms with Gasteiger partial charge >= 0.3 is 5.97 Å². The standard InChI is InChI=1S/C20H15F3N2O4S/c1-4-29-20(28)15-17(27)11-8-13(23)16(9(2)26)24-18(11)25(19(15)30-3)14-6-5-10(21)7-12(14)22/h5-8H,4H2,1-3H3. The molecule has 0 saturated heterocycles. The number of ketones is 1. The Morgan fingerprint density at radius 1 is 1.17 bits per heavy atom. The molecule has 156 valence electrons. The van der Waals surface area contributed by atoms with Crippen molar-refractivity contribution in [3.8, 4) is 5.69 Å². The average molecular weight is 436 g/mol. The molecule has 0 N–H and O–H groups in total. The van der Waals surface area contributed by atoms with E-state index in [1.165, 1.54) is 13.2 Å². The van der Waals surface area contributed by atoms with E-state index in [2.05, 4.69) is 4.98 Å². The number of thioether (sulfide) groups is 1. The minimum Gasteiger partial charge on any atom is -0.462 e. The zero-order valence-electron chi connectivity index (χ0n) is 16.1. The summed E-state index contributed by atoms with van der Waals surface area (Å²) in [7, 11) is 0. The zero-order chi connectivity index (χ0) is 22.2. The fraction of sp³-hybridized carbons (Fsp3) is 0.200. The van der Waals surface area contributed by atoms with E-state index in [9.17, 15) is 27.6 Å². The van der Waals surface area contributed by atoms with E-state index in [4.69, 9.17) is 4.74 Å². The van der Waals surface area contributed by atoms with Gasteiger partial charge in [-0.25, -0.2) is 22.9 Å². The van der Waals surface area contributed by atoms with Crippen molar-refractivity contribution >= 4 is 34.5 Å². The molecule has 2 heterocycles. The summed E-state index contributed by atoms with van der Waals surface area (Å²) in [5, 5.41) is -0.410. The number of Topliss-reactive ketones (excluding diaryl/α,β-unsaturated/α-hetero) is 1. The first-order valence-corrected chi connectivity index (χ1v) is 9.90. The lowest BCUT2D eigenvalue weighted by Gasteiger charge is -2.19. The van der Waals surface area contributed by atoms with Gasteiger partial charge in [-0.15, -0.1) is 11.8 Å². The number of carbonyl (C=O) groups is 2. The molecule has 0 amide bonds. The molecule has 3 rings (SSSR count). The van der Waals surface area contributed by atoms with Gasteiger partial charge in [0.15, 0.2) is 11.6 Å². The number of fused-ring (bicyclic) bond motifs is 1. The number of pyridine rings is 2. The molecule has 0 fully saturated rings. The number of benzene rings is 1. The highest BCUT2D eigenvalue weighted by molar-refractivity contribution is 7.98.